The average molecular weight is 240 g/mol. The normalized spacial score (nSPS) is 34.9. The lowest BCUT2D eigenvalue weighted by atomic mass is 9.78. The first kappa shape index (κ1) is 13.3. The van der Waals surface area contributed by atoms with Crippen molar-refractivity contribution in [1.29, 1.82) is 0 Å². The standard InChI is InChI=1S/C14H28N2O/c1-11-5-6-14(15)12(9-11)10-16(7-8-17)13-3-2-4-13/h11-14,17H,2-10,15H2,1H3. The summed E-state index contributed by atoms with van der Waals surface area (Å²) < 4.78 is 0. The van der Waals surface area contributed by atoms with Crippen molar-refractivity contribution in [3.63, 3.8) is 0 Å². The molecule has 2 aliphatic carbocycles. The second kappa shape index (κ2) is 6.17. The molecule has 2 fully saturated rings. The minimum atomic E-state index is 0.286. The first-order chi connectivity index (χ1) is 8.20. The fourth-order valence-electron chi connectivity index (χ4n) is 3.34. The zero-order valence-corrected chi connectivity index (χ0v) is 11.1. The highest BCUT2D eigenvalue weighted by molar-refractivity contribution is 4.87. The third-order valence-corrected chi connectivity index (χ3v) is 4.75. The smallest absolute Gasteiger partial charge is 0.0558 e. The van der Waals surface area contributed by atoms with Gasteiger partial charge < -0.3 is 10.8 Å². The molecule has 0 heterocycles. The van der Waals surface area contributed by atoms with Gasteiger partial charge >= 0.3 is 0 Å². The Bertz CT molecular complexity index is 228. The van der Waals surface area contributed by atoms with Gasteiger partial charge in [-0.25, -0.2) is 0 Å². The fraction of sp³-hybridized carbons (Fsp3) is 1.00. The molecule has 0 spiro atoms. The molecule has 0 radical (unpaired) electrons. The van der Waals surface area contributed by atoms with Crippen LogP contribution in [-0.2, 0) is 0 Å². The quantitative estimate of drug-likeness (QED) is 0.767. The van der Waals surface area contributed by atoms with Crippen LogP contribution in [0.4, 0.5) is 0 Å². The van der Waals surface area contributed by atoms with Crippen LogP contribution >= 0.6 is 0 Å². The molecule has 0 bridgehead atoms. The number of hydrogen-bond donors (Lipinski definition) is 2. The number of hydrogen-bond acceptors (Lipinski definition) is 3. The molecule has 3 N–H and O–H groups in total. The molecule has 17 heavy (non-hydrogen) atoms. The Labute approximate surface area is 105 Å². The van der Waals surface area contributed by atoms with Crippen LogP contribution in [-0.4, -0.2) is 41.8 Å². The lowest BCUT2D eigenvalue weighted by Crippen LogP contribution is -2.49. The predicted molar refractivity (Wildman–Crippen MR) is 70.8 cm³/mol. The van der Waals surface area contributed by atoms with E-state index in [0.29, 0.717) is 12.0 Å². The first-order valence-corrected chi connectivity index (χ1v) is 7.31. The summed E-state index contributed by atoms with van der Waals surface area (Å²) in [6, 6.07) is 1.11. The third kappa shape index (κ3) is 3.43. The maximum Gasteiger partial charge on any atom is 0.0558 e. The van der Waals surface area contributed by atoms with Gasteiger partial charge in [0.25, 0.3) is 0 Å². The largest absolute Gasteiger partial charge is 0.395 e. The molecule has 100 valence electrons. The van der Waals surface area contributed by atoms with Crippen molar-refractivity contribution < 1.29 is 5.11 Å². The molecule has 0 amide bonds. The van der Waals surface area contributed by atoms with E-state index in [-0.39, 0.29) is 6.61 Å². The Morgan fingerprint density at radius 1 is 1.24 bits per heavy atom. The van der Waals surface area contributed by atoms with E-state index >= 15 is 0 Å². The maximum absolute atomic E-state index is 9.18. The molecule has 3 heteroatoms. The Kier molecular flexibility index (Phi) is 4.83. The van der Waals surface area contributed by atoms with Crippen molar-refractivity contribution in [2.45, 2.75) is 57.5 Å². The lowest BCUT2D eigenvalue weighted by Gasteiger charge is -2.42. The Balaban J connectivity index is 1.86. The van der Waals surface area contributed by atoms with E-state index in [0.717, 1.165) is 25.0 Å². The second-order valence-corrected chi connectivity index (χ2v) is 6.15. The highest BCUT2D eigenvalue weighted by atomic mass is 16.3. The zero-order valence-electron chi connectivity index (χ0n) is 11.1. The van der Waals surface area contributed by atoms with Crippen LogP contribution in [0.1, 0.15) is 45.4 Å². The summed E-state index contributed by atoms with van der Waals surface area (Å²) in [4.78, 5) is 2.49. The van der Waals surface area contributed by atoms with Gasteiger partial charge in [0.2, 0.25) is 0 Å². The molecular formula is C14H28N2O. The van der Waals surface area contributed by atoms with E-state index < -0.39 is 0 Å². The summed E-state index contributed by atoms with van der Waals surface area (Å²) in [5.41, 5.74) is 6.26. The van der Waals surface area contributed by atoms with Crippen LogP contribution in [0, 0.1) is 11.8 Å². The first-order valence-electron chi connectivity index (χ1n) is 7.31. The van der Waals surface area contributed by atoms with Crippen molar-refractivity contribution in [3.8, 4) is 0 Å². The summed E-state index contributed by atoms with van der Waals surface area (Å²) in [6.07, 6.45) is 7.75. The highest BCUT2D eigenvalue weighted by Gasteiger charge is 2.31. The molecule has 0 aromatic heterocycles. The maximum atomic E-state index is 9.18. The predicted octanol–water partition coefficient (Wildman–Crippen LogP) is 1.60. The van der Waals surface area contributed by atoms with Crippen molar-refractivity contribution in [3.05, 3.63) is 0 Å². The topological polar surface area (TPSA) is 49.5 Å². The monoisotopic (exact) mass is 240 g/mol. The number of aliphatic hydroxyl groups is 1. The SMILES string of the molecule is CC1CCC(N)C(CN(CCO)C2CCC2)C1. The average Bonchev–Trinajstić information content (AvgIpc) is 2.21. The van der Waals surface area contributed by atoms with Gasteiger partial charge in [0.05, 0.1) is 6.61 Å². The molecule has 2 aliphatic rings. The molecule has 2 rings (SSSR count). The summed E-state index contributed by atoms with van der Waals surface area (Å²) in [7, 11) is 0. The number of nitrogens with two attached hydrogens (primary N) is 1. The van der Waals surface area contributed by atoms with Crippen molar-refractivity contribution in [2.75, 3.05) is 19.7 Å². The van der Waals surface area contributed by atoms with Gasteiger partial charge in [0, 0.05) is 25.2 Å². The van der Waals surface area contributed by atoms with Crippen molar-refractivity contribution in [2.24, 2.45) is 17.6 Å². The van der Waals surface area contributed by atoms with E-state index in [1.54, 1.807) is 0 Å². The molecule has 3 unspecified atom stereocenters. The molecule has 0 aromatic carbocycles. The molecular weight excluding hydrogens is 212 g/mol. The van der Waals surface area contributed by atoms with Gasteiger partial charge in [-0.1, -0.05) is 13.3 Å². The molecule has 0 saturated heterocycles. The molecule has 3 atom stereocenters. The number of nitrogens with zero attached hydrogens (tertiary/aromatic N) is 1. The number of rotatable bonds is 5. The van der Waals surface area contributed by atoms with E-state index in [4.69, 9.17) is 5.73 Å². The second-order valence-electron chi connectivity index (χ2n) is 6.15. The Morgan fingerprint density at radius 2 is 2.00 bits per heavy atom. The van der Waals surface area contributed by atoms with E-state index in [2.05, 4.69) is 11.8 Å². The van der Waals surface area contributed by atoms with E-state index in [9.17, 15) is 5.11 Å². The highest BCUT2D eigenvalue weighted by Crippen LogP contribution is 2.31. The van der Waals surface area contributed by atoms with Crippen LogP contribution in [0.2, 0.25) is 0 Å². The zero-order chi connectivity index (χ0) is 12.3. The van der Waals surface area contributed by atoms with Crippen LogP contribution in [0.15, 0.2) is 0 Å². The van der Waals surface area contributed by atoms with Crippen LogP contribution in [0.5, 0.6) is 0 Å². The van der Waals surface area contributed by atoms with E-state index in [1.807, 2.05) is 0 Å². The summed E-state index contributed by atoms with van der Waals surface area (Å²) in [5.74, 6) is 1.48. The molecule has 2 saturated carbocycles. The van der Waals surface area contributed by atoms with Gasteiger partial charge in [-0.05, 0) is 43.9 Å². The molecule has 0 aliphatic heterocycles. The van der Waals surface area contributed by atoms with Gasteiger partial charge in [-0.15, -0.1) is 0 Å². The summed E-state index contributed by atoms with van der Waals surface area (Å²) in [6.45, 7) is 4.58. The van der Waals surface area contributed by atoms with Crippen LogP contribution < -0.4 is 5.73 Å². The van der Waals surface area contributed by atoms with Crippen LogP contribution in [0.3, 0.4) is 0 Å². The minimum Gasteiger partial charge on any atom is -0.395 e. The fourth-order valence-corrected chi connectivity index (χ4v) is 3.34. The van der Waals surface area contributed by atoms with E-state index in [1.165, 1.54) is 38.5 Å². The van der Waals surface area contributed by atoms with Gasteiger partial charge in [0.15, 0.2) is 0 Å². The molecule has 3 nitrogen and oxygen atoms in total. The summed E-state index contributed by atoms with van der Waals surface area (Å²) >= 11 is 0. The van der Waals surface area contributed by atoms with Gasteiger partial charge in [-0.3, -0.25) is 4.90 Å². The number of aliphatic hydroxyl groups excluding tert-OH is 1. The van der Waals surface area contributed by atoms with Crippen LogP contribution in [0.25, 0.3) is 0 Å². The van der Waals surface area contributed by atoms with Crippen molar-refractivity contribution in [1.82, 2.24) is 4.90 Å². The summed E-state index contributed by atoms with van der Waals surface area (Å²) in [5, 5.41) is 9.18. The Hall–Kier alpha value is -0.120. The Morgan fingerprint density at radius 3 is 2.59 bits per heavy atom. The lowest BCUT2D eigenvalue weighted by molar-refractivity contribution is 0.0671. The van der Waals surface area contributed by atoms with Gasteiger partial charge in [0.1, 0.15) is 0 Å². The third-order valence-electron chi connectivity index (χ3n) is 4.75. The molecule has 0 aromatic rings. The van der Waals surface area contributed by atoms with Gasteiger partial charge in [-0.2, -0.15) is 0 Å². The van der Waals surface area contributed by atoms with Crippen molar-refractivity contribution >= 4 is 0 Å². The minimum absolute atomic E-state index is 0.286.